The zero-order valence-corrected chi connectivity index (χ0v) is 11.3. The molecule has 0 spiro atoms. The van der Waals surface area contributed by atoms with Crippen molar-refractivity contribution < 1.29 is 18.3 Å². The van der Waals surface area contributed by atoms with E-state index in [1.54, 1.807) is 6.92 Å². The van der Waals surface area contributed by atoms with Crippen molar-refractivity contribution in [1.82, 2.24) is 4.31 Å². The minimum atomic E-state index is -3.70. The molecule has 0 unspecified atom stereocenters. The number of nitrogens with zero attached hydrogens (tertiary/aromatic N) is 2. The van der Waals surface area contributed by atoms with Gasteiger partial charge in [0.2, 0.25) is 0 Å². The fraction of sp³-hybridized carbons (Fsp3) is 0.400. The quantitative estimate of drug-likeness (QED) is 0.852. The molecule has 0 bridgehead atoms. The van der Waals surface area contributed by atoms with Crippen molar-refractivity contribution in [3.8, 4) is 6.07 Å². The van der Waals surface area contributed by atoms with Crippen LogP contribution in [-0.4, -0.2) is 36.9 Å². The molecule has 8 heteroatoms. The Morgan fingerprint density at radius 2 is 2.22 bits per heavy atom. The highest BCUT2D eigenvalue weighted by molar-refractivity contribution is 7.91. The number of hydrogen-bond donors (Lipinski definition) is 1. The molecule has 0 amide bonds. The Labute approximate surface area is 109 Å². The highest BCUT2D eigenvalue weighted by Gasteiger charge is 2.25. The summed E-state index contributed by atoms with van der Waals surface area (Å²) in [6.45, 7) is 2.01. The van der Waals surface area contributed by atoms with Crippen LogP contribution in [0.25, 0.3) is 0 Å². The maximum absolute atomic E-state index is 12.1. The summed E-state index contributed by atoms with van der Waals surface area (Å²) in [7, 11) is -3.70. The van der Waals surface area contributed by atoms with Crippen LogP contribution < -0.4 is 0 Å². The van der Waals surface area contributed by atoms with Gasteiger partial charge in [-0.1, -0.05) is 6.92 Å². The molecular weight excluding hydrogens is 276 g/mol. The van der Waals surface area contributed by atoms with E-state index >= 15 is 0 Å². The van der Waals surface area contributed by atoms with E-state index in [1.165, 1.54) is 12.1 Å². The lowest BCUT2D eigenvalue weighted by Crippen LogP contribution is -2.31. The molecule has 0 radical (unpaired) electrons. The second-order valence-corrected chi connectivity index (χ2v) is 6.58. The molecule has 98 valence electrons. The Morgan fingerprint density at radius 3 is 2.67 bits per heavy atom. The summed E-state index contributed by atoms with van der Waals surface area (Å²) in [6.07, 6.45) is 0.101. The Kier molecular flexibility index (Phi) is 4.84. The second kappa shape index (κ2) is 5.95. The number of nitriles is 1. The van der Waals surface area contributed by atoms with Crippen LogP contribution >= 0.6 is 11.3 Å². The lowest BCUT2D eigenvalue weighted by Gasteiger charge is -2.17. The van der Waals surface area contributed by atoms with E-state index in [0.717, 1.165) is 4.31 Å². The van der Waals surface area contributed by atoms with E-state index < -0.39 is 16.0 Å². The smallest absolute Gasteiger partial charge is 0.345 e. The third kappa shape index (κ3) is 3.07. The van der Waals surface area contributed by atoms with Gasteiger partial charge in [-0.15, -0.1) is 11.3 Å². The minimum Gasteiger partial charge on any atom is -0.477 e. The third-order valence-corrected chi connectivity index (χ3v) is 5.73. The molecule has 1 aromatic heterocycles. The van der Waals surface area contributed by atoms with E-state index in [1.807, 2.05) is 6.07 Å². The number of carbonyl (C=O) groups is 1. The fourth-order valence-electron chi connectivity index (χ4n) is 1.32. The fourth-order valence-corrected chi connectivity index (χ4v) is 4.07. The zero-order valence-electron chi connectivity index (χ0n) is 9.66. The third-order valence-electron chi connectivity index (χ3n) is 2.21. The van der Waals surface area contributed by atoms with Crippen LogP contribution in [0.1, 0.15) is 23.0 Å². The molecule has 1 heterocycles. The number of sulfonamides is 1. The monoisotopic (exact) mass is 288 g/mol. The van der Waals surface area contributed by atoms with Crippen LogP contribution in [0.5, 0.6) is 0 Å². The first-order chi connectivity index (χ1) is 8.43. The predicted molar refractivity (Wildman–Crippen MR) is 65.9 cm³/mol. The van der Waals surface area contributed by atoms with E-state index in [9.17, 15) is 13.2 Å². The highest BCUT2D eigenvalue weighted by atomic mass is 32.2. The zero-order chi connectivity index (χ0) is 13.8. The first kappa shape index (κ1) is 14.6. The predicted octanol–water partition coefficient (Wildman–Crippen LogP) is 1.37. The summed E-state index contributed by atoms with van der Waals surface area (Å²) in [5.41, 5.74) is 0. The van der Waals surface area contributed by atoms with Crippen LogP contribution in [0.3, 0.4) is 0 Å². The van der Waals surface area contributed by atoms with Gasteiger partial charge in [-0.2, -0.15) is 9.57 Å². The van der Waals surface area contributed by atoms with Crippen molar-refractivity contribution in [3.05, 3.63) is 17.0 Å². The molecule has 1 aromatic rings. The molecule has 6 nitrogen and oxygen atoms in total. The highest BCUT2D eigenvalue weighted by Crippen LogP contribution is 2.24. The Morgan fingerprint density at radius 1 is 1.56 bits per heavy atom. The summed E-state index contributed by atoms with van der Waals surface area (Å²) in [4.78, 5) is 10.7. The first-order valence-corrected chi connectivity index (χ1v) is 7.39. The van der Waals surface area contributed by atoms with Gasteiger partial charge >= 0.3 is 5.97 Å². The van der Waals surface area contributed by atoms with E-state index in [-0.39, 0.29) is 28.6 Å². The minimum absolute atomic E-state index is 0.0142. The largest absolute Gasteiger partial charge is 0.477 e. The standard InChI is InChI=1S/C10H12N2O4S2/c1-2-12(7-3-6-11)18(15,16)9-5-4-8(17-9)10(13)14/h4-5H,2-3,7H2,1H3,(H,13,14). The Bertz CT molecular complexity index is 571. The molecule has 0 aliphatic rings. The molecule has 0 saturated carbocycles. The lowest BCUT2D eigenvalue weighted by atomic mass is 10.5. The Balaban J connectivity index is 3.03. The van der Waals surface area contributed by atoms with Gasteiger partial charge in [0.1, 0.15) is 9.09 Å². The van der Waals surface area contributed by atoms with Gasteiger partial charge in [0.05, 0.1) is 6.07 Å². The summed E-state index contributed by atoms with van der Waals surface area (Å²) in [5.74, 6) is -1.15. The maximum atomic E-state index is 12.1. The average Bonchev–Trinajstić information content (AvgIpc) is 2.79. The number of carboxylic acid groups (broad SMARTS) is 1. The molecule has 0 atom stereocenters. The van der Waals surface area contributed by atoms with Crippen molar-refractivity contribution >= 4 is 27.3 Å². The van der Waals surface area contributed by atoms with Crippen LogP contribution in [0.2, 0.25) is 0 Å². The summed E-state index contributed by atoms with van der Waals surface area (Å²) in [5, 5.41) is 17.2. The molecule has 0 aliphatic heterocycles. The molecule has 0 fully saturated rings. The summed E-state index contributed by atoms with van der Waals surface area (Å²) in [6, 6.07) is 4.42. The van der Waals surface area contributed by atoms with Gasteiger partial charge in [0.25, 0.3) is 10.0 Å². The van der Waals surface area contributed by atoms with Gasteiger partial charge in [0, 0.05) is 19.5 Å². The number of aromatic carboxylic acids is 1. The van der Waals surface area contributed by atoms with Gasteiger partial charge in [-0.05, 0) is 12.1 Å². The molecule has 0 saturated heterocycles. The van der Waals surface area contributed by atoms with Gasteiger partial charge in [-0.25, -0.2) is 13.2 Å². The van der Waals surface area contributed by atoms with Crippen LogP contribution in [0.15, 0.2) is 16.3 Å². The normalized spacial score (nSPS) is 11.4. The number of thiophene rings is 1. The van der Waals surface area contributed by atoms with Crippen molar-refractivity contribution in [2.24, 2.45) is 0 Å². The summed E-state index contributed by atoms with van der Waals surface area (Å²) < 4.78 is 25.4. The summed E-state index contributed by atoms with van der Waals surface area (Å²) >= 11 is 0.713. The van der Waals surface area contributed by atoms with Gasteiger partial charge < -0.3 is 5.11 Å². The maximum Gasteiger partial charge on any atom is 0.345 e. The average molecular weight is 288 g/mol. The number of hydrogen-bond acceptors (Lipinski definition) is 5. The molecule has 0 aromatic carbocycles. The van der Waals surface area contributed by atoms with Crippen molar-refractivity contribution in [3.63, 3.8) is 0 Å². The van der Waals surface area contributed by atoms with Crippen LogP contribution in [0.4, 0.5) is 0 Å². The molecule has 1 rings (SSSR count). The first-order valence-electron chi connectivity index (χ1n) is 5.13. The van der Waals surface area contributed by atoms with Crippen molar-refractivity contribution in [1.29, 1.82) is 5.26 Å². The molecule has 1 N–H and O–H groups in total. The molecule has 0 aliphatic carbocycles. The van der Waals surface area contributed by atoms with Crippen LogP contribution in [0, 0.1) is 11.3 Å². The van der Waals surface area contributed by atoms with E-state index in [2.05, 4.69) is 0 Å². The SMILES string of the molecule is CCN(CCC#N)S(=O)(=O)c1ccc(C(=O)O)s1. The van der Waals surface area contributed by atoms with Crippen molar-refractivity contribution in [2.45, 2.75) is 17.6 Å². The van der Waals surface area contributed by atoms with E-state index in [0.29, 0.717) is 11.3 Å². The molecular formula is C10H12N2O4S2. The lowest BCUT2D eigenvalue weighted by molar-refractivity contribution is 0.0702. The molecule has 18 heavy (non-hydrogen) atoms. The van der Waals surface area contributed by atoms with Crippen molar-refractivity contribution in [2.75, 3.05) is 13.1 Å². The second-order valence-electron chi connectivity index (χ2n) is 3.33. The van der Waals surface area contributed by atoms with Crippen LogP contribution in [-0.2, 0) is 10.0 Å². The van der Waals surface area contributed by atoms with E-state index in [4.69, 9.17) is 10.4 Å². The Hall–Kier alpha value is -1.43. The number of carboxylic acids is 1. The topological polar surface area (TPSA) is 98.5 Å². The van der Waals surface area contributed by atoms with Gasteiger partial charge in [0.15, 0.2) is 0 Å². The van der Waals surface area contributed by atoms with Gasteiger partial charge in [-0.3, -0.25) is 0 Å². The number of rotatable bonds is 6.